The first-order valence-electron chi connectivity index (χ1n) is 9.92. The highest BCUT2D eigenvalue weighted by atomic mass is 16.2. The fourth-order valence-electron chi connectivity index (χ4n) is 2.85. The summed E-state index contributed by atoms with van der Waals surface area (Å²) in [7, 11) is 0. The summed E-state index contributed by atoms with van der Waals surface area (Å²) < 4.78 is 1.46. The van der Waals surface area contributed by atoms with Crippen molar-refractivity contribution in [3.8, 4) is 5.95 Å². The number of aromatic nitrogens is 4. The average Bonchev–Trinajstić information content (AvgIpc) is 3.11. The van der Waals surface area contributed by atoms with E-state index in [1.54, 1.807) is 19.9 Å². The molecule has 0 radical (unpaired) electrons. The number of hydrogen-bond acceptors (Lipinski definition) is 4. The van der Waals surface area contributed by atoms with Gasteiger partial charge in [-0.3, -0.25) is 15.1 Å². The van der Waals surface area contributed by atoms with Gasteiger partial charge in [-0.25, -0.2) is 9.78 Å². The van der Waals surface area contributed by atoms with Crippen molar-refractivity contribution in [3.63, 3.8) is 0 Å². The topological polar surface area (TPSA) is 105 Å². The molecule has 0 fully saturated rings. The molecule has 158 valence electrons. The van der Waals surface area contributed by atoms with Gasteiger partial charge in [0.1, 0.15) is 5.82 Å². The summed E-state index contributed by atoms with van der Waals surface area (Å²) in [6, 6.07) is 11.4. The third-order valence-corrected chi connectivity index (χ3v) is 4.84. The van der Waals surface area contributed by atoms with Gasteiger partial charge in [0, 0.05) is 29.3 Å². The maximum atomic E-state index is 12.5. The maximum Gasteiger partial charge on any atom is 0.320 e. The Bertz CT molecular complexity index is 1090. The molecule has 0 atom stereocenters. The molecule has 0 saturated heterocycles. The highest BCUT2D eigenvalue weighted by molar-refractivity contribution is 5.88. The predicted molar refractivity (Wildman–Crippen MR) is 117 cm³/mol. The molecule has 2 amide bonds. The molecule has 8 nitrogen and oxygen atoms in total. The first-order chi connectivity index (χ1) is 14.1. The number of aryl methyl sites for hydroxylation is 1. The number of carbonyl (C=O) groups excluding carboxylic acids is 1. The predicted octanol–water partition coefficient (Wildman–Crippen LogP) is 3.23. The number of anilines is 1. The van der Waals surface area contributed by atoms with Gasteiger partial charge >= 0.3 is 6.03 Å². The molecule has 3 rings (SSSR count). The van der Waals surface area contributed by atoms with Crippen molar-refractivity contribution < 1.29 is 4.79 Å². The van der Waals surface area contributed by atoms with Crippen LogP contribution in [-0.2, 0) is 11.8 Å². The number of nitrogens with one attached hydrogen (secondary N) is 3. The Hall–Kier alpha value is -3.42. The van der Waals surface area contributed by atoms with Crippen molar-refractivity contribution in [1.29, 1.82) is 0 Å². The Kier molecular flexibility index (Phi) is 6.05. The van der Waals surface area contributed by atoms with Gasteiger partial charge in [0.25, 0.3) is 5.56 Å². The molecular formula is C22H28N6O2. The highest BCUT2D eigenvalue weighted by Gasteiger charge is 2.22. The summed E-state index contributed by atoms with van der Waals surface area (Å²) in [6.07, 6.45) is 0.729. The SMILES string of the molecule is Cc1nc(-n2nc(C(C)(C)C)cc2NC(=O)NCCc2ccccc2)[nH]c(=O)c1C. The lowest BCUT2D eigenvalue weighted by Gasteiger charge is -2.14. The molecule has 0 unspecified atom stereocenters. The summed E-state index contributed by atoms with van der Waals surface area (Å²) in [4.78, 5) is 31.9. The van der Waals surface area contributed by atoms with Crippen LogP contribution < -0.4 is 16.2 Å². The molecule has 3 aromatic rings. The number of urea groups is 1. The molecule has 2 aromatic heterocycles. The fraction of sp³-hybridized carbons (Fsp3) is 0.364. The monoisotopic (exact) mass is 408 g/mol. The van der Waals surface area contributed by atoms with Gasteiger partial charge in [-0.1, -0.05) is 51.1 Å². The minimum absolute atomic E-state index is 0.233. The van der Waals surface area contributed by atoms with E-state index >= 15 is 0 Å². The van der Waals surface area contributed by atoms with Crippen LogP contribution in [0.25, 0.3) is 5.95 Å². The summed E-state index contributed by atoms with van der Waals surface area (Å²) in [6.45, 7) is 10.1. The third-order valence-electron chi connectivity index (χ3n) is 4.84. The van der Waals surface area contributed by atoms with Crippen LogP contribution in [0.2, 0.25) is 0 Å². The third kappa shape index (κ3) is 4.94. The molecule has 0 spiro atoms. The van der Waals surface area contributed by atoms with E-state index in [1.807, 2.05) is 51.1 Å². The Labute approximate surface area is 175 Å². The van der Waals surface area contributed by atoms with E-state index < -0.39 is 0 Å². The summed E-state index contributed by atoms with van der Waals surface area (Å²) in [5, 5.41) is 10.3. The number of nitrogens with zero attached hydrogens (tertiary/aromatic N) is 3. The lowest BCUT2D eigenvalue weighted by atomic mass is 9.92. The van der Waals surface area contributed by atoms with Crippen molar-refractivity contribution in [1.82, 2.24) is 25.1 Å². The first-order valence-corrected chi connectivity index (χ1v) is 9.92. The van der Waals surface area contributed by atoms with Crippen LogP contribution in [0.1, 0.15) is 43.3 Å². The molecule has 3 N–H and O–H groups in total. The van der Waals surface area contributed by atoms with Gasteiger partial charge < -0.3 is 5.32 Å². The van der Waals surface area contributed by atoms with E-state index in [9.17, 15) is 9.59 Å². The molecule has 0 aliphatic heterocycles. The zero-order valence-corrected chi connectivity index (χ0v) is 18.0. The van der Waals surface area contributed by atoms with Crippen LogP contribution in [0.15, 0.2) is 41.2 Å². The standard InChI is InChI=1S/C22H28N6O2/c1-14-15(2)24-20(26-19(14)29)28-18(13-17(27-28)22(3,4)5)25-21(30)23-12-11-16-9-7-6-8-10-16/h6-10,13H,11-12H2,1-5H3,(H2,23,25,30)(H,24,26,29). The van der Waals surface area contributed by atoms with E-state index in [0.29, 0.717) is 23.6 Å². The molecule has 30 heavy (non-hydrogen) atoms. The number of carbonyl (C=O) groups is 1. The van der Waals surface area contributed by atoms with Crippen LogP contribution in [0.5, 0.6) is 0 Å². The fourth-order valence-corrected chi connectivity index (χ4v) is 2.85. The van der Waals surface area contributed by atoms with E-state index in [-0.39, 0.29) is 23.0 Å². The molecule has 2 heterocycles. The molecule has 8 heteroatoms. The van der Waals surface area contributed by atoms with Crippen molar-refractivity contribution in [2.75, 3.05) is 11.9 Å². The second-order valence-corrected chi connectivity index (χ2v) is 8.29. The minimum atomic E-state index is -0.348. The summed E-state index contributed by atoms with van der Waals surface area (Å²) in [5.41, 5.74) is 2.60. The molecule has 1 aromatic carbocycles. The summed E-state index contributed by atoms with van der Waals surface area (Å²) >= 11 is 0. The van der Waals surface area contributed by atoms with Crippen molar-refractivity contribution in [2.24, 2.45) is 0 Å². The maximum absolute atomic E-state index is 12.5. The van der Waals surface area contributed by atoms with Crippen LogP contribution in [0.3, 0.4) is 0 Å². The molecular weight excluding hydrogens is 380 g/mol. The van der Waals surface area contributed by atoms with Gasteiger partial charge in [-0.05, 0) is 25.8 Å². The molecule has 0 saturated carbocycles. The van der Waals surface area contributed by atoms with Crippen LogP contribution >= 0.6 is 0 Å². The minimum Gasteiger partial charge on any atom is -0.337 e. The van der Waals surface area contributed by atoms with Crippen molar-refractivity contribution in [2.45, 2.75) is 46.5 Å². The highest BCUT2D eigenvalue weighted by Crippen LogP contribution is 2.25. The normalized spacial score (nSPS) is 11.4. The Morgan fingerprint density at radius 2 is 1.87 bits per heavy atom. The number of H-pyrrole nitrogens is 1. The number of aromatic amines is 1. The lowest BCUT2D eigenvalue weighted by Crippen LogP contribution is -2.31. The van der Waals surface area contributed by atoms with Gasteiger partial charge in [0.15, 0.2) is 0 Å². The zero-order chi connectivity index (χ0) is 21.9. The second kappa shape index (κ2) is 8.52. The van der Waals surface area contributed by atoms with E-state index in [4.69, 9.17) is 0 Å². The van der Waals surface area contributed by atoms with Crippen molar-refractivity contribution >= 4 is 11.8 Å². The van der Waals surface area contributed by atoms with Crippen LogP contribution in [-0.4, -0.2) is 32.3 Å². The Balaban J connectivity index is 1.82. The number of benzene rings is 1. The Morgan fingerprint density at radius 1 is 1.17 bits per heavy atom. The average molecular weight is 409 g/mol. The van der Waals surface area contributed by atoms with E-state index in [0.717, 1.165) is 17.7 Å². The molecule has 0 aliphatic rings. The van der Waals surface area contributed by atoms with E-state index in [1.165, 1.54) is 4.68 Å². The lowest BCUT2D eigenvalue weighted by molar-refractivity contribution is 0.252. The van der Waals surface area contributed by atoms with Crippen LogP contribution in [0.4, 0.5) is 10.6 Å². The van der Waals surface area contributed by atoms with E-state index in [2.05, 4.69) is 25.7 Å². The van der Waals surface area contributed by atoms with Gasteiger partial charge in [0.05, 0.1) is 5.69 Å². The van der Waals surface area contributed by atoms with Gasteiger partial charge in [-0.15, -0.1) is 0 Å². The number of rotatable bonds is 5. The van der Waals surface area contributed by atoms with Gasteiger partial charge in [-0.2, -0.15) is 9.78 Å². The Morgan fingerprint density at radius 3 is 2.50 bits per heavy atom. The zero-order valence-electron chi connectivity index (χ0n) is 18.0. The number of amides is 2. The molecule has 0 bridgehead atoms. The second-order valence-electron chi connectivity index (χ2n) is 8.29. The largest absolute Gasteiger partial charge is 0.337 e. The number of hydrogen-bond donors (Lipinski definition) is 3. The van der Waals surface area contributed by atoms with Gasteiger partial charge in [0.2, 0.25) is 5.95 Å². The smallest absolute Gasteiger partial charge is 0.320 e. The molecule has 0 aliphatic carbocycles. The van der Waals surface area contributed by atoms with Crippen molar-refractivity contribution in [3.05, 3.63) is 69.3 Å². The quantitative estimate of drug-likeness (QED) is 0.603. The van der Waals surface area contributed by atoms with Crippen LogP contribution in [0, 0.1) is 13.8 Å². The first kappa shape index (κ1) is 21.3. The summed E-state index contributed by atoms with van der Waals surface area (Å²) in [5.74, 6) is 0.696.